The first-order valence-corrected chi connectivity index (χ1v) is 10.2. The van der Waals surface area contributed by atoms with Crippen molar-refractivity contribution in [3.05, 3.63) is 53.4 Å². The van der Waals surface area contributed by atoms with E-state index >= 15 is 0 Å². The van der Waals surface area contributed by atoms with Gasteiger partial charge in [-0.1, -0.05) is 31.9 Å². The molecule has 0 aliphatic carbocycles. The largest absolute Gasteiger partial charge is 0.352 e. The molecule has 1 aromatic heterocycles. The summed E-state index contributed by atoms with van der Waals surface area (Å²) < 4.78 is 0. The molecular formula is C21H26ClN5O2. The monoisotopic (exact) mass is 415 g/mol. The van der Waals surface area contributed by atoms with Gasteiger partial charge in [0.25, 0.3) is 5.91 Å². The third-order valence-electron chi connectivity index (χ3n) is 5.34. The maximum absolute atomic E-state index is 13.2. The quantitative estimate of drug-likeness (QED) is 0.784. The van der Waals surface area contributed by atoms with E-state index in [4.69, 9.17) is 11.6 Å². The molecule has 1 saturated heterocycles. The van der Waals surface area contributed by atoms with Gasteiger partial charge in [0.2, 0.25) is 5.91 Å². The third-order valence-corrected chi connectivity index (χ3v) is 5.59. The first-order valence-electron chi connectivity index (χ1n) is 9.85. The summed E-state index contributed by atoms with van der Waals surface area (Å²) in [5.41, 5.74) is 0.489. The molecule has 3 rings (SSSR count). The SMILES string of the molecule is CC[C@@H](C)[C@H](NC(=O)c1ccc(Cl)cc1)C(=O)N1CCN(c2cnccn2)CC1. The summed E-state index contributed by atoms with van der Waals surface area (Å²) in [5, 5.41) is 3.50. The number of aromatic nitrogens is 2. The van der Waals surface area contributed by atoms with Crippen molar-refractivity contribution in [3.8, 4) is 0 Å². The first kappa shape index (κ1) is 21.0. The van der Waals surface area contributed by atoms with Crippen molar-refractivity contribution in [2.24, 2.45) is 5.92 Å². The predicted molar refractivity (Wildman–Crippen MR) is 113 cm³/mol. The van der Waals surface area contributed by atoms with Crippen LogP contribution >= 0.6 is 11.6 Å². The second-order valence-corrected chi connectivity index (χ2v) is 7.66. The molecule has 1 aliphatic rings. The highest BCUT2D eigenvalue weighted by molar-refractivity contribution is 6.30. The zero-order chi connectivity index (χ0) is 20.8. The lowest BCUT2D eigenvalue weighted by atomic mass is 9.97. The number of amides is 2. The van der Waals surface area contributed by atoms with Gasteiger partial charge in [-0.3, -0.25) is 14.6 Å². The van der Waals surface area contributed by atoms with Gasteiger partial charge in [-0.05, 0) is 30.2 Å². The molecule has 29 heavy (non-hydrogen) atoms. The highest BCUT2D eigenvalue weighted by Gasteiger charge is 2.32. The van der Waals surface area contributed by atoms with Gasteiger partial charge < -0.3 is 15.1 Å². The van der Waals surface area contributed by atoms with Crippen LogP contribution in [0.2, 0.25) is 5.02 Å². The van der Waals surface area contributed by atoms with Gasteiger partial charge in [-0.25, -0.2) is 4.98 Å². The Balaban J connectivity index is 1.65. The van der Waals surface area contributed by atoms with Gasteiger partial charge in [-0.2, -0.15) is 0 Å². The standard InChI is InChI=1S/C21H26ClN5O2/c1-3-15(2)19(25-20(28)16-4-6-17(22)7-5-16)21(29)27-12-10-26(11-13-27)18-14-23-8-9-24-18/h4-9,14-15,19H,3,10-13H2,1-2H3,(H,25,28)/t15-,19+/m1/s1. The minimum atomic E-state index is -0.564. The molecule has 1 aromatic carbocycles. The molecule has 0 bridgehead atoms. The van der Waals surface area contributed by atoms with Crippen molar-refractivity contribution >= 4 is 29.2 Å². The van der Waals surface area contributed by atoms with Gasteiger partial charge in [0.1, 0.15) is 11.9 Å². The summed E-state index contributed by atoms with van der Waals surface area (Å²) in [5.74, 6) is 0.532. The van der Waals surface area contributed by atoms with E-state index in [0.29, 0.717) is 36.8 Å². The molecule has 8 heteroatoms. The van der Waals surface area contributed by atoms with Crippen molar-refractivity contribution in [3.63, 3.8) is 0 Å². The fraction of sp³-hybridized carbons (Fsp3) is 0.429. The van der Waals surface area contributed by atoms with Crippen LogP contribution in [0.5, 0.6) is 0 Å². The molecule has 0 radical (unpaired) electrons. The average molecular weight is 416 g/mol. The maximum atomic E-state index is 13.2. The Bertz CT molecular complexity index is 823. The molecule has 154 valence electrons. The summed E-state index contributed by atoms with van der Waals surface area (Å²) in [4.78, 5) is 38.2. The van der Waals surface area contributed by atoms with Crippen LogP contribution in [-0.4, -0.2) is 58.9 Å². The Morgan fingerprint density at radius 2 is 1.83 bits per heavy atom. The van der Waals surface area contributed by atoms with Crippen LogP contribution in [0.1, 0.15) is 30.6 Å². The van der Waals surface area contributed by atoms with Gasteiger partial charge in [0.15, 0.2) is 0 Å². The number of anilines is 1. The van der Waals surface area contributed by atoms with Crippen LogP contribution in [0.15, 0.2) is 42.9 Å². The number of halogens is 1. The Kier molecular flexibility index (Phi) is 7.04. The Labute approximate surface area is 176 Å². The van der Waals surface area contributed by atoms with Crippen LogP contribution in [0.25, 0.3) is 0 Å². The van der Waals surface area contributed by atoms with E-state index in [9.17, 15) is 9.59 Å². The molecule has 2 atom stereocenters. The molecule has 2 amide bonds. The number of nitrogens with zero attached hydrogens (tertiary/aromatic N) is 4. The number of piperazine rings is 1. The van der Waals surface area contributed by atoms with Crippen LogP contribution in [-0.2, 0) is 4.79 Å². The summed E-state index contributed by atoms with van der Waals surface area (Å²) in [6.45, 7) is 6.54. The molecule has 0 saturated carbocycles. The number of hydrogen-bond donors (Lipinski definition) is 1. The van der Waals surface area contributed by atoms with Crippen LogP contribution in [0, 0.1) is 5.92 Å². The van der Waals surface area contributed by atoms with E-state index in [-0.39, 0.29) is 17.7 Å². The molecule has 1 fully saturated rings. The molecule has 2 aromatic rings. The summed E-state index contributed by atoms with van der Waals surface area (Å²) >= 11 is 5.90. The lowest BCUT2D eigenvalue weighted by molar-refractivity contribution is -0.134. The highest BCUT2D eigenvalue weighted by Crippen LogP contribution is 2.17. The predicted octanol–water partition coefficient (Wildman–Crippen LogP) is 2.62. The zero-order valence-corrected chi connectivity index (χ0v) is 17.5. The van der Waals surface area contributed by atoms with Crippen LogP contribution in [0.4, 0.5) is 5.82 Å². The molecule has 7 nitrogen and oxygen atoms in total. The number of rotatable bonds is 6. The van der Waals surface area contributed by atoms with Crippen LogP contribution in [0.3, 0.4) is 0 Å². The number of carbonyl (C=O) groups is 2. The number of benzene rings is 1. The van der Waals surface area contributed by atoms with E-state index in [1.807, 2.05) is 18.7 Å². The molecule has 2 heterocycles. The maximum Gasteiger partial charge on any atom is 0.251 e. The molecular weight excluding hydrogens is 390 g/mol. The van der Waals surface area contributed by atoms with E-state index in [0.717, 1.165) is 12.2 Å². The molecule has 0 unspecified atom stereocenters. The second kappa shape index (κ2) is 9.69. The summed E-state index contributed by atoms with van der Waals surface area (Å²) in [7, 11) is 0. The van der Waals surface area contributed by atoms with Crippen LogP contribution < -0.4 is 10.2 Å². The minimum absolute atomic E-state index is 0.0248. The topological polar surface area (TPSA) is 78.4 Å². The van der Waals surface area contributed by atoms with Gasteiger partial charge in [-0.15, -0.1) is 0 Å². The molecule has 0 spiro atoms. The fourth-order valence-corrected chi connectivity index (χ4v) is 3.44. The van der Waals surface area contributed by atoms with Gasteiger partial charge in [0.05, 0.1) is 6.20 Å². The van der Waals surface area contributed by atoms with Crippen molar-refractivity contribution in [2.75, 3.05) is 31.1 Å². The average Bonchev–Trinajstić information content (AvgIpc) is 2.77. The lowest BCUT2D eigenvalue weighted by Crippen LogP contribution is -2.56. The fourth-order valence-electron chi connectivity index (χ4n) is 3.32. The highest BCUT2D eigenvalue weighted by atomic mass is 35.5. The zero-order valence-electron chi connectivity index (χ0n) is 16.7. The van der Waals surface area contributed by atoms with E-state index < -0.39 is 6.04 Å². The number of carbonyl (C=O) groups excluding carboxylic acids is 2. The smallest absolute Gasteiger partial charge is 0.251 e. The normalized spacial score (nSPS) is 16.2. The number of nitrogens with one attached hydrogen (secondary N) is 1. The number of hydrogen-bond acceptors (Lipinski definition) is 5. The summed E-state index contributed by atoms with van der Waals surface area (Å²) in [6, 6.07) is 6.10. The third kappa shape index (κ3) is 5.23. The van der Waals surface area contributed by atoms with Gasteiger partial charge >= 0.3 is 0 Å². The Morgan fingerprint density at radius 1 is 1.14 bits per heavy atom. The van der Waals surface area contributed by atoms with Gasteiger partial charge in [0, 0.05) is 49.2 Å². The van der Waals surface area contributed by atoms with E-state index in [1.54, 1.807) is 42.9 Å². The lowest BCUT2D eigenvalue weighted by Gasteiger charge is -2.38. The minimum Gasteiger partial charge on any atom is -0.352 e. The van der Waals surface area contributed by atoms with E-state index in [1.165, 1.54) is 0 Å². The van der Waals surface area contributed by atoms with Crippen molar-refractivity contribution in [2.45, 2.75) is 26.3 Å². The van der Waals surface area contributed by atoms with Crippen molar-refractivity contribution in [1.82, 2.24) is 20.2 Å². The van der Waals surface area contributed by atoms with E-state index in [2.05, 4.69) is 20.2 Å². The first-order chi connectivity index (χ1) is 14.0. The van der Waals surface area contributed by atoms with Crippen molar-refractivity contribution < 1.29 is 9.59 Å². The molecule has 1 N–H and O–H groups in total. The Morgan fingerprint density at radius 3 is 2.41 bits per heavy atom. The second-order valence-electron chi connectivity index (χ2n) is 7.22. The van der Waals surface area contributed by atoms with Crippen molar-refractivity contribution in [1.29, 1.82) is 0 Å². The Hall–Kier alpha value is -2.67. The molecule has 1 aliphatic heterocycles. The summed E-state index contributed by atoms with van der Waals surface area (Å²) in [6.07, 6.45) is 5.82.